The Morgan fingerprint density at radius 2 is 2.22 bits per heavy atom. The minimum absolute atomic E-state index is 0.0256. The molecule has 0 unspecified atom stereocenters. The summed E-state index contributed by atoms with van der Waals surface area (Å²) < 4.78 is 11.5. The molecule has 0 saturated carbocycles. The molecule has 18 heavy (non-hydrogen) atoms. The van der Waals surface area contributed by atoms with E-state index in [0.717, 1.165) is 4.47 Å². The van der Waals surface area contributed by atoms with Crippen LogP contribution in [0.15, 0.2) is 22.7 Å². The number of carbonyl (C=O) groups is 1. The van der Waals surface area contributed by atoms with Gasteiger partial charge in [0.15, 0.2) is 11.5 Å². The van der Waals surface area contributed by atoms with Gasteiger partial charge in [-0.25, -0.2) is 4.79 Å². The van der Waals surface area contributed by atoms with Crippen LogP contribution < -0.4 is 9.47 Å². The summed E-state index contributed by atoms with van der Waals surface area (Å²) >= 11 is 3.36. The first-order valence-electron chi connectivity index (χ1n) is 5.03. The zero-order valence-corrected chi connectivity index (χ0v) is 10.5. The lowest BCUT2D eigenvalue weighted by Crippen LogP contribution is -1.95. The number of hydrogen-bond acceptors (Lipinski definition) is 4. The molecule has 1 aromatic heterocycles. The third-order valence-corrected chi connectivity index (χ3v) is 2.98. The standard InChI is InChI=1S/C11H7BrN2O4/c12-5-1-6(10-9(2-5)17-4-18-10)7-3-8(11(15)16)14-13-7/h1-3H,4H2,(H,13,14)(H,15,16). The summed E-state index contributed by atoms with van der Waals surface area (Å²) in [6.45, 7) is 0.148. The van der Waals surface area contributed by atoms with Crippen LogP contribution in [0, 0.1) is 0 Å². The highest BCUT2D eigenvalue weighted by Crippen LogP contribution is 2.43. The van der Waals surface area contributed by atoms with Crippen LogP contribution in [0.1, 0.15) is 10.5 Å². The molecule has 0 saturated heterocycles. The average molecular weight is 311 g/mol. The number of rotatable bonds is 2. The van der Waals surface area contributed by atoms with Crippen LogP contribution in [-0.4, -0.2) is 28.1 Å². The van der Waals surface area contributed by atoms with Gasteiger partial charge in [0, 0.05) is 10.0 Å². The van der Waals surface area contributed by atoms with Crippen molar-refractivity contribution in [2.75, 3.05) is 6.79 Å². The van der Waals surface area contributed by atoms with Gasteiger partial charge < -0.3 is 14.6 Å². The Morgan fingerprint density at radius 3 is 2.94 bits per heavy atom. The number of carboxylic acids is 1. The number of aromatic nitrogens is 2. The van der Waals surface area contributed by atoms with E-state index in [0.29, 0.717) is 22.8 Å². The fourth-order valence-corrected chi connectivity index (χ4v) is 2.17. The Balaban J connectivity index is 2.13. The maximum Gasteiger partial charge on any atom is 0.353 e. The zero-order chi connectivity index (χ0) is 12.7. The molecule has 0 amide bonds. The predicted octanol–water partition coefficient (Wildman–Crippen LogP) is 2.27. The summed E-state index contributed by atoms with van der Waals surface area (Å²) in [6, 6.07) is 5.04. The van der Waals surface area contributed by atoms with Crippen molar-refractivity contribution < 1.29 is 19.4 Å². The summed E-state index contributed by atoms with van der Waals surface area (Å²) in [5.74, 6) is 0.124. The van der Waals surface area contributed by atoms with Crippen molar-refractivity contribution in [3.05, 3.63) is 28.4 Å². The molecule has 3 rings (SSSR count). The molecule has 1 aliphatic rings. The number of carboxylic acid groups (broad SMARTS) is 1. The van der Waals surface area contributed by atoms with Crippen LogP contribution in [0.25, 0.3) is 11.3 Å². The third-order valence-electron chi connectivity index (χ3n) is 2.52. The molecule has 0 radical (unpaired) electrons. The Hall–Kier alpha value is -2.02. The second-order valence-electron chi connectivity index (χ2n) is 3.66. The number of fused-ring (bicyclic) bond motifs is 1. The maximum absolute atomic E-state index is 10.8. The molecule has 0 spiro atoms. The van der Waals surface area contributed by atoms with Crippen LogP contribution >= 0.6 is 15.9 Å². The van der Waals surface area contributed by atoms with Gasteiger partial charge in [0.05, 0.1) is 5.69 Å². The molecule has 2 heterocycles. The Morgan fingerprint density at radius 1 is 1.39 bits per heavy atom. The van der Waals surface area contributed by atoms with Gasteiger partial charge in [0.2, 0.25) is 6.79 Å². The van der Waals surface area contributed by atoms with Gasteiger partial charge in [0.25, 0.3) is 0 Å². The van der Waals surface area contributed by atoms with Crippen LogP contribution in [0.4, 0.5) is 0 Å². The molecule has 0 fully saturated rings. The van der Waals surface area contributed by atoms with E-state index in [1.165, 1.54) is 6.07 Å². The van der Waals surface area contributed by atoms with Crippen LogP contribution in [0.2, 0.25) is 0 Å². The minimum atomic E-state index is -1.06. The summed E-state index contributed by atoms with van der Waals surface area (Å²) in [7, 11) is 0. The van der Waals surface area contributed by atoms with E-state index in [1.807, 2.05) is 0 Å². The monoisotopic (exact) mass is 310 g/mol. The number of benzene rings is 1. The molecule has 1 aromatic carbocycles. The van der Waals surface area contributed by atoms with E-state index in [9.17, 15) is 4.79 Å². The van der Waals surface area contributed by atoms with Crippen molar-refractivity contribution in [3.8, 4) is 22.8 Å². The summed E-state index contributed by atoms with van der Waals surface area (Å²) in [5.41, 5.74) is 1.20. The minimum Gasteiger partial charge on any atom is -0.477 e. The highest BCUT2D eigenvalue weighted by molar-refractivity contribution is 9.10. The molecule has 6 nitrogen and oxygen atoms in total. The Kier molecular flexibility index (Phi) is 2.48. The molecule has 0 bridgehead atoms. The number of aromatic amines is 1. The molecule has 0 aliphatic carbocycles. The van der Waals surface area contributed by atoms with E-state index >= 15 is 0 Å². The van der Waals surface area contributed by atoms with Crippen molar-refractivity contribution in [1.29, 1.82) is 0 Å². The van der Waals surface area contributed by atoms with Gasteiger partial charge in [-0.1, -0.05) is 15.9 Å². The van der Waals surface area contributed by atoms with Crippen molar-refractivity contribution in [1.82, 2.24) is 10.2 Å². The molecule has 1 aliphatic heterocycles. The van der Waals surface area contributed by atoms with E-state index in [2.05, 4.69) is 26.1 Å². The fraction of sp³-hybridized carbons (Fsp3) is 0.0909. The smallest absolute Gasteiger partial charge is 0.353 e. The number of nitrogens with one attached hydrogen (secondary N) is 1. The lowest BCUT2D eigenvalue weighted by atomic mass is 10.1. The van der Waals surface area contributed by atoms with Crippen LogP contribution in [0.5, 0.6) is 11.5 Å². The van der Waals surface area contributed by atoms with Gasteiger partial charge in [-0.3, -0.25) is 5.10 Å². The number of H-pyrrole nitrogens is 1. The van der Waals surface area contributed by atoms with Gasteiger partial charge in [0.1, 0.15) is 5.69 Å². The first-order valence-corrected chi connectivity index (χ1v) is 5.82. The first-order chi connectivity index (χ1) is 8.65. The van der Waals surface area contributed by atoms with Gasteiger partial charge in [-0.05, 0) is 18.2 Å². The topological polar surface area (TPSA) is 84.4 Å². The highest BCUT2D eigenvalue weighted by Gasteiger charge is 2.22. The van der Waals surface area contributed by atoms with Gasteiger partial charge in [-0.15, -0.1) is 0 Å². The summed E-state index contributed by atoms with van der Waals surface area (Å²) in [5, 5.41) is 15.3. The average Bonchev–Trinajstić information content (AvgIpc) is 2.95. The van der Waals surface area contributed by atoms with Crippen molar-refractivity contribution in [2.45, 2.75) is 0 Å². The Labute approximate surface area is 110 Å². The molecule has 2 aromatic rings. The van der Waals surface area contributed by atoms with Crippen molar-refractivity contribution >= 4 is 21.9 Å². The maximum atomic E-state index is 10.8. The van der Waals surface area contributed by atoms with E-state index in [4.69, 9.17) is 14.6 Å². The molecular formula is C11H7BrN2O4. The first kappa shape index (κ1) is 11.1. The molecule has 2 N–H and O–H groups in total. The largest absolute Gasteiger partial charge is 0.477 e. The summed E-state index contributed by atoms with van der Waals surface area (Å²) in [6.07, 6.45) is 0. The fourth-order valence-electron chi connectivity index (χ4n) is 1.74. The number of nitrogens with zero attached hydrogens (tertiary/aromatic N) is 1. The predicted molar refractivity (Wildman–Crippen MR) is 64.8 cm³/mol. The van der Waals surface area contributed by atoms with Crippen molar-refractivity contribution in [3.63, 3.8) is 0 Å². The normalized spacial score (nSPS) is 12.7. The quantitative estimate of drug-likeness (QED) is 0.889. The lowest BCUT2D eigenvalue weighted by Gasteiger charge is -2.03. The van der Waals surface area contributed by atoms with E-state index in [-0.39, 0.29) is 12.5 Å². The second kappa shape index (κ2) is 4.02. The third kappa shape index (κ3) is 1.72. The summed E-state index contributed by atoms with van der Waals surface area (Å²) in [4.78, 5) is 10.8. The number of aromatic carboxylic acids is 1. The molecule has 92 valence electrons. The number of hydrogen-bond donors (Lipinski definition) is 2. The highest BCUT2D eigenvalue weighted by atomic mass is 79.9. The number of halogens is 1. The lowest BCUT2D eigenvalue weighted by molar-refractivity contribution is 0.0690. The molecule has 0 atom stereocenters. The van der Waals surface area contributed by atoms with E-state index in [1.54, 1.807) is 12.1 Å². The van der Waals surface area contributed by atoms with Crippen LogP contribution in [-0.2, 0) is 0 Å². The SMILES string of the molecule is O=C(O)c1cc(-c2cc(Br)cc3c2OCO3)n[nH]1. The van der Waals surface area contributed by atoms with Crippen molar-refractivity contribution in [2.24, 2.45) is 0 Å². The second-order valence-corrected chi connectivity index (χ2v) is 4.57. The molecular weight excluding hydrogens is 304 g/mol. The van der Waals surface area contributed by atoms with Crippen LogP contribution in [0.3, 0.4) is 0 Å². The van der Waals surface area contributed by atoms with E-state index < -0.39 is 5.97 Å². The number of ether oxygens (including phenoxy) is 2. The van der Waals surface area contributed by atoms with Gasteiger partial charge in [-0.2, -0.15) is 5.10 Å². The Bertz CT molecular complexity index is 638. The molecule has 7 heteroatoms. The van der Waals surface area contributed by atoms with Gasteiger partial charge >= 0.3 is 5.97 Å². The zero-order valence-electron chi connectivity index (χ0n) is 8.94.